The van der Waals surface area contributed by atoms with E-state index in [2.05, 4.69) is 10.2 Å². The molecule has 19 heavy (non-hydrogen) atoms. The first-order valence-electron chi connectivity index (χ1n) is 7.78. The standard InChI is InChI=1S/C14H26N2O2S/c17-19(18)10-8-16(9-11-19)13-4-7-15-14(12-13)5-2-1-3-6-14/h13,15H,1-12H2. The van der Waals surface area contributed by atoms with Crippen LogP contribution in [0.2, 0.25) is 0 Å². The maximum absolute atomic E-state index is 11.5. The molecule has 2 heterocycles. The molecular weight excluding hydrogens is 260 g/mol. The summed E-state index contributed by atoms with van der Waals surface area (Å²) in [6.07, 6.45) is 9.14. The first-order chi connectivity index (χ1) is 9.09. The molecule has 2 aliphatic heterocycles. The molecule has 0 aromatic carbocycles. The maximum Gasteiger partial charge on any atom is 0.152 e. The van der Waals surface area contributed by atoms with E-state index in [-0.39, 0.29) is 0 Å². The first kappa shape index (κ1) is 13.8. The highest BCUT2D eigenvalue weighted by Gasteiger charge is 2.39. The lowest BCUT2D eigenvalue weighted by molar-refractivity contribution is 0.0888. The molecule has 0 amide bonds. The van der Waals surface area contributed by atoms with Crippen LogP contribution in [0.3, 0.4) is 0 Å². The first-order valence-corrected chi connectivity index (χ1v) is 9.60. The fourth-order valence-electron chi connectivity index (χ4n) is 4.14. The molecule has 0 radical (unpaired) electrons. The summed E-state index contributed by atoms with van der Waals surface area (Å²) in [5, 5.41) is 3.77. The molecule has 1 unspecified atom stereocenters. The minimum Gasteiger partial charge on any atom is -0.311 e. The molecule has 1 spiro atoms. The van der Waals surface area contributed by atoms with Gasteiger partial charge in [0.05, 0.1) is 11.5 Å². The van der Waals surface area contributed by atoms with Crippen LogP contribution in [0.25, 0.3) is 0 Å². The summed E-state index contributed by atoms with van der Waals surface area (Å²) in [6.45, 7) is 2.61. The van der Waals surface area contributed by atoms with Crippen molar-refractivity contribution >= 4 is 9.84 Å². The third-order valence-corrected chi connectivity index (χ3v) is 6.92. The summed E-state index contributed by atoms with van der Waals surface area (Å²) >= 11 is 0. The van der Waals surface area contributed by atoms with Crippen LogP contribution in [0.4, 0.5) is 0 Å². The lowest BCUT2D eigenvalue weighted by atomic mass is 9.74. The third-order valence-electron chi connectivity index (χ3n) is 5.31. The zero-order valence-corrected chi connectivity index (χ0v) is 12.6. The van der Waals surface area contributed by atoms with Crippen molar-refractivity contribution in [1.29, 1.82) is 0 Å². The molecule has 0 aromatic heterocycles. The van der Waals surface area contributed by atoms with Gasteiger partial charge in [0.15, 0.2) is 9.84 Å². The number of hydrogen-bond acceptors (Lipinski definition) is 4. The Morgan fingerprint density at radius 3 is 2.42 bits per heavy atom. The van der Waals surface area contributed by atoms with E-state index >= 15 is 0 Å². The second-order valence-electron chi connectivity index (χ2n) is 6.60. The van der Waals surface area contributed by atoms with Crippen molar-refractivity contribution in [2.75, 3.05) is 31.1 Å². The molecular formula is C14H26N2O2S. The number of nitrogens with one attached hydrogen (secondary N) is 1. The van der Waals surface area contributed by atoms with Crippen LogP contribution >= 0.6 is 0 Å². The van der Waals surface area contributed by atoms with Crippen molar-refractivity contribution in [3.63, 3.8) is 0 Å². The van der Waals surface area contributed by atoms with Gasteiger partial charge >= 0.3 is 0 Å². The van der Waals surface area contributed by atoms with Crippen molar-refractivity contribution in [2.24, 2.45) is 0 Å². The van der Waals surface area contributed by atoms with Crippen molar-refractivity contribution < 1.29 is 8.42 Å². The maximum atomic E-state index is 11.5. The zero-order chi connectivity index (χ0) is 13.3. The van der Waals surface area contributed by atoms with E-state index in [1.54, 1.807) is 0 Å². The summed E-state index contributed by atoms with van der Waals surface area (Å²) in [5.41, 5.74) is 0.373. The van der Waals surface area contributed by atoms with Crippen molar-refractivity contribution in [3.05, 3.63) is 0 Å². The third kappa shape index (κ3) is 3.14. The summed E-state index contributed by atoms with van der Waals surface area (Å²) in [5.74, 6) is 0.730. The number of hydrogen-bond donors (Lipinski definition) is 1. The van der Waals surface area contributed by atoms with Gasteiger partial charge in [-0.3, -0.25) is 4.90 Å². The van der Waals surface area contributed by atoms with Gasteiger partial charge in [-0.25, -0.2) is 8.42 Å². The minimum atomic E-state index is -2.74. The van der Waals surface area contributed by atoms with E-state index in [0.29, 0.717) is 23.1 Å². The molecule has 3 fully saturated rings. The fourth-order valence-corrected chi connectivity index (χ4v) is 5.37. The highest BCUT2D eigenvalue weighted by molar-refractivity contribution is 7.91. The monoisotopic (exact) mass is 286 g/mol. The van der Waals surface area contributed by atoms with Gasteiger partial charge in [-0.1, -0.05) is 19.3 Å². The molecule has 1 atom stereocenters. The predicted molar refractivity (Wildman–Crippen MR) is 77.1 cm³/mol. The summed E-state index contributed by atoms with van der Waals surface area (Å²) in [4.78, 5) is 2.44. The van der Waals surface area contributed by atoms with Crippen LogP contribution in [-0.4, -0.2) is 56.0 Å². The molecule has 3 aliphatic rings. The zero-order valence-electron chi connectivity index (χ0n) is 11.7. The SMILES string of the molecule is O=S1(=O)CCN(C2CCNC3(CCCCC3)C2)CC1. The second-order valence-corrected chi connectivity index (χ2v) is 8.91. The van der Waals surface area contributed by atoms with E-state index in [1.807, 2.05) is 0 Å². The molecule has 5 heteroatoms. The number of nitrogens with zero attached hydrogens (tertiary/aromatic N) is 1. The van der Waals surface area contributed by atoms with Crippen LogP contribution in [-0.2, 0) is 9.84 Å². The molecule has 1 saturated carbocycles. The molecule has 110 valence electrons. The van der Waals surface area contributed by atoms with Crippen LogP contribution in [0.1, 0.15) is 44.9 Å². The summed E-state index contributed by atoms with van der Waals surface area (Å²) in [7, 11) is -2.74. The summed E-state index contributed by atoms with van der Waals surface area (Å²) < 4.78 is 23.1. The molecule has 2 saturated heterocycles. The van der Waals surface area contributed by atoms with Gasteiger partial charge in [0.2, 0.25) is 0 Å². The van der Waals surface area contributed by atoms with E-state index in [1.165, 1.54) is 44.9 Å². The van der Waals surface area contributed by atoms with Crippen molar-refractivity contribution in [3.8, 4) is 0 Å². The smallest absolute Gasteiger partial charge is 0.152 e. The molecule has 0 aromatic rings. The van der Waals surface area contributed by atoms with Gasteiger partial charge in [-0.2, -0.15) is 0 Å². The van der Waals surface area contributed by atoms with Crippen LogP contribution in [0.5, 0.6) is 0 Å². The highest BCUT2D eigenvalue weighted by atomic mass is 32.2. The Morgan fingerprint density at radius 1 is 1.05 bits per heavy atom. The Morgan fingerprint density at radius 2 is 1.74 bits per heavy atom. The minimum absolute atomic E-state index is 0.365. The van der Waals surface area contributed by atoms with E-state index in [0.717, 1.165) is 19.6 Å². The van der Waals surface area contributed by atoms with Gasteiger partial charge in [0, 0.05) is 24.7 Å². The molecule has 3 rings (SSSR count). The molecule has 1 aliphatic carbocycles. The van der Waals surface area contributed by atoms with E-state index < -0.39 is 9.84 Å². The predicted octanol–water partition coefficient (Wildman–Crippen LogP) is 1.17. The van der Waals surface area contributed by atoms with Gasteiger partial charge < -0.3 is 5.32 Å². The van der Waals surface area contributed by atoms with E-state index in [4.69, 9.17) is 0 Å². The highest BCUT2D eigenvalue weighted by Crippen LogP contribution is 2.36. The Bertz CT molecular complexity index is 396. The van der Waals surface area contributed by atoms with Crippen LogP contribution in [0, 0.1) is 0 Å². The lowest BCUT2D eigenvalue weighted by Gasteiger charge is -2.48. The largest absolute Gasteiger partial charge is 0.311 e. The average Bonchev–Trinajstić information content (AvgIpc) is 2.39. The van der Waals surface area contributed by atoms with E-state index in [9.17, 15) is 8.42 Å². The Balaban J connectivity index is 1.62. The number of sulfone groups is 1. The fraction of sp³-hybridized carbons (Fsp3) is 1.00. The molecule has 4 nitrogen and oxygen atoms in total. The van der Waals surface area contributed by atoms with Gasteiger partial charge in [-0.05, 0) is 32.2 Å². The number of piperidine rings is 1. The van der Waals surface area contributed by atoms with Crippen molar-refractivity contribution in [1.82, 2.24) is 10.2 Å². The molecule has 1 N–H and O–H groups in total. The van der Waals surface area contributed by atoms with Gasteiger partial charge in [0.1, 0.15) is 0 Å². The van der Waals surface area contributed by atoms with Gasteiger partial charge in [-0.15, -0.1) is 0 Å². The van der Waals surface area contributed by atoms with Crippen LogP contribution < -0.4 is 5.32 Å². The summed E-state index contributed by atoms with van der Waals surface area (Å²) in [6, 6.07) is 0.606. The lowest BCUT2D eigenvalue weighted by Crippen LogP contribution is -2.58. The topological polar surface area (TPSA) is 49.4 Å². The Labute approximate surface area is 116 Å². The quantitative estimate of drug-likeness (QED) is 0.786. The van der Waals surface area contributed by atoms with Crippen LogP contribution in [0.15, 0.2) is 0 Å². The van der Waals surface area contributed by atoms with Gasteiger partial charge in [0.25, 0.3) is 0 Å². The normalized spacial score (nSPS) is 35.3. The van der Waals surface area contributed by atoms with Crippen molar-refractivity contribution in [2.45, 2.75) is 56.5 Å². The number of rotatable bonds is 1. The Kier molecular flexibility index (Phi) is 3.89. The average molecular weight is 286 g/mol. The molecule has 0 bridgehead atoms. The Hall–Kier alpha value is -0.130. The second kappa shape index (κ2) is 5.34.